The van der Waals surface area contributed by atoms with E-state index in [1.807, 2.05) is 42.5 Å². The Hall–Kier alpha value is -2.43. The molecule has 0 saturated carbocycles. The molecule has 1 N–H and O–H groups in total. The first-order valence-electron chi connectivity index (χ1n) is 8.75. The Morgan fingerprint density at radius 1 is 1.19 bits per heavy atom. The van der Waals surface area contributed by atoms with Crippen LogP contribution in [0.5, 0.6) is 0 Å². The van der Waals surface area contributed by atoms with Crippen LogP contribution in [0.1, 0.15) is 23.2 Å². The van der Waals surface area contributed by atoms with Gasteiger partial charge in [0.25, 0.3) is 5.91 Å². The minimum Gasteiger partial charge on any atom is -0.394 e. The second-order valence-electron chi connectivity index (χ2n) is 6.56. The lowest BCUT2D eigenvalue weighted by atomic mass is 10.0. The van der Waals surface area contributed by atoms with E-state index < -0.39 is 0 Å². The molecule has 0 spiro atoms. The molecule has 1 aliphatic heterocycles. The van der Waals surface area contributed by atoms with Crippen LogP contribution < -0.4 is 0 Å². The Kier molecular flexibility index (Phi) is 4.62. The fourth-order valence-electron chi connectivity index (χ4n) is 3.58. The Morgan fingerprint density at radius 3 is 2.77 bits per heavy atom. The number of fused-ring (bicyclic) bond motifs is 1. The second kappa shape index (κ2) is 7.06. The minimum absolute atomic E-state index is 0.0128. The number of halogens is 1. The third kappa shape index (κ3) is 3.06. The molecule has 0 aliphatic carbocycles. The maximum Gasteiger partial charge on any atom is 0.254 e. The molecular weight excluding hydrogens is 348 g/mol. The number of hydrogen-bond acceptors (Lipinski definition) is 3. The van der Waals surface area contributed by atoms with E-state index >= 15 is 0 Å². The largest absolute Gasteiger partial charge is 0.394 e. The highest BCUT2D eigenvalue weighted by Gasteiger charge is 2.30. The van der Waals surface area contributed by atoms with Crippen molar-refractivity contribution >= 4 is 28.4 Å². The summed E-state index contributed by atoms with van der Waals surface area (Å²) >= 11 is 6.18. The van der Waals surface area contributed by atoms with Crippen molar-refractivity contribution in [2.45, 2.75) is 18.9 Å². The van der Waals surface area contributed by atoms with Crippen molar-refractivity contribution in [3.63, 3.8) is 0 Å². The highest BCUT2D eigenvalue weighted by Crippen LogP contribution is 2.29. The summed E-state index contributed by atoms with van der Waals surface area (Å²) in [5.74, 6) is -0.0756. The number of aliphatic hydroxyl groups excluding tert-OH is 1. The Labute approximate surface area is 157 Å². The van der Waals surface area contributed by atoms with E-state index in [-0.39, 0.29) is 18.6 Å². The van der Waals surface area contributed by atoms with Gasteiger partial charge in [-0.2, -0.15) is 0 Å². The van der Waals surface area contributed by atoms with E-state index in [2.05, 4.69) is 0 Å². The third-order valence-corrected chi connectivity index (χ3v) is 5.15. The molecule has 0 unspecified atom stereocenters. The standard InChI is InChI=1S/C21H19ClN2O2/c22-15-8-9-19-17(11-15)18(21(26)24-10-4-7-16(24)13-25)12-20(23-19)14-5-2-1-3-6-14/h1-3,5-6,8-9,11-12,16,25H,4,7,10,13H2/t16-/m1/s1. The first-order valence-corrected chi connectivity index (χ1v) is 9.13. The topological polar surface area (TPSA) is 53.4 Å². The van der Waals surface area contributed by atoms with Gasteiger partial charge in [0.1, 0.15) is 0 Å². The average Bonchev–Trinajstić information content (AvgIpc) is 3.16. The van der Waals surface area contributed by atoms with Gasteiger partial charge in [0.05, 0.1) is 29.4 Å². The molecule has 1 atom stereocenters. The van der Waals surface area contributed by atoms with Gasteiger partial charge in [-0.15, -0.1) is 0 Å². The number of carbonyl (C=O) groups is 1. The number of aliphatic hydroxyl groups is 1. The lowest BCUT2D eigenvalue weighted by Gasteiger charge is -2.24. The number of hydrogen-bond donors (Lipinski definition) is 1. The van der Waals surface area contributed by atoms with E-state index in [0.29, 0.717) is 17.1 Å². The fourth-order valence-corrected chi connectivity index (χ4v) is 3.75. The van der Waals surface area contributed by atoms with Gasteiger partial charge in [0, 0.05) is 22.5 Å². The smallest absolute Gasteiger partial charge is 0.254 e. The Bertz CT molecular complexity index is 959. The van der Waals surface area contributed by atoms with Crippen LogP contribution in [-0.2, 0) is 0 Å². The van der Waals surface area contributed by atoms with E-state index in [0.717, 1.165) is 35.0 Å². The molecule has 3 aromatic rings. The number of pyridine rings is 1. The number of aromatic nitrogens is 1. The van der Waals surface area contributed by atoms with Gasteiger partial charge in [-0.05, 0) is 37.1 Å². The summed E-state index contributed by atoms with van der Waals surface area (Å²) in [7, 11) is 0. The molecule has 0 bridgehead atoms. The zero-order valence-electron chi connectivity index (χ0n) is 14.2. The van der Waals surface area contributed by atoms with Gasteiger partial charge in [0.15, 0.2) is 0 Å². The van der Waals surface area contributed by atoms with Gasteiger partial charge in [-0.25, -0.2) is 4.98 Å². The molecule has 1 amide bonds. The van der Waals surface area contributed by atoms with Crippen molar-refractivity contribution in [2.75, 3.05) is 13.2 Å². The molecule has 2 heterocycles. The molecule has 1 aromatic heterocycles. The summed E-state index contributed by atoms with van der Waals surface area (Å²) in [6.07, 6.45) is 1.74. The van der Waals surface area contributed by atoms with Crippen LogP contribution in [-0.4, -0.2) is 40.1 Å². The third-order valence-electron chi connectivity index (χ3n) is 4.92. The Balaban J connectivity index is 1.88. The maximum atomic E-state index is 13.3. The van der Waals surface area contributed by atoms with Crippen molar-refractivity contribution < 1.29 is 9.90 Å². The first-order chi connectivity index (χ1) is 12.7. The van der Waals surface area contributed by atoms with Crippen molar-refractivity contribution in [3.05, 3.63) is 65.2 Å². The normalized spacial score (nSPS) is 17.0. The summed E-state index contributed by atoms with van der Waals surface area (Å²) in [6.45, 7) is 0.649. The zero-order valence-corrected chi connectivity index (χ0v) is 15.0. The van der Waals surface area contributed by atoms with Crippen molar-refractivity contribution in [1.29, 1.82) is 0 Å². The van der Waals surface area contributed by atoms with Gasteiger partial charge < -0.3 is 10.0 Å². The molecule has 1 saturated heterocycles. The summed E-state index contributed by atoms with van der Waals surface area (Å²) in [6, 6.07) is 16.9. The van der Waals surface area contributed by atoms with Crippen LogP contribution in [0.4, 0.5) is 0 Å². The summed E-state index contributed by atoms with van der Waals surface area (Å²) in [4.78, 5) is 19.8. The molecule has 132 valence electrons. The van der Waals surface area contributed by atoms with E-state index in [4.69, 9.17) is 16.6 Å². The van der Waals surface area contributed by atoms with Gasteiger partial charge in [0.2, 0.25) is 0 Å². The molecular formula is C21H19ClN2O2. The van der Waals surface area contributed by atoms with Crippen LogP contribution in [0, 0.1) is 0 Å². The van der Waals surface area contributed by atoms with Gasteiger partial charge in [-0.3, -0.25) is 4.79 Å². The van der Waals surface area contributed by atoms with Crippen LogP contribution in [0.25, 0.3) is 22.2 Å². The molecule has 0 radical (unpaired) electrons. The highest BCUT2D eigenvalue weighted by atomic mass is 35.5. The maximum absolute atomic E-state index is 13.3. The lowest BCUT2D eigenvalue weighted by molar-refractivity contribution is 0.0679. The minimum atomic E-state index is -0.120. The quantitative estimate of drug-likeness (QED) is 0.757. The van der Waals surface area contributed by atoms with Crippen LogP contribution in [0.3, 0.4) is 0 Å². The number of carbonyl (C=O) groups excluding carboxylic acids is 1. The first kappa shape index (κ1) is 17.0. The van der Waals surface area contributed by atoms with Crippen LogP contribution >= 0.6 is 11.6 Å². The van der Waals surface area contributed by atoms with Crippen molar-refractivity contribution in [3.8, 4) is 11.3 Å². The average molecular weight is 367 g/mol. The molecule has 2 aromatic carbocycles. The summed E-state index contributed by atoms with van der Waals surface area (Å²) in [5.41, 5.74) is 3.03. The number of nitrogens with zero attached hydrogens (tertiary/aromatic N) is 2. The number of likely N-dealkylation sites (tertiary alicyclic amines) is 1. The summed E-state index contributed by atoms with van der Waals surface area (Å²) in [5, 5.41) is 10.9. The SMILES string of the molecule is O=C(c1cc(-c2ccccc2)nc2ccc(Cl)cc12)N1CCC[C@@H]1CO. The number of amides is 1. The fraction of sp³-hybridized carbons (Fsp3) is 0.238. The highest BCUT2D eigenvalue weighted by molar-refractivity contribution is 6.31. The van der Waals surface area contributed by atoms with Crippen LogP contribution in [0.2, 0.25) is 5.02 Å². The monoisotopic (exact) mass is 366 g/mol. The van der Waals surface area contributed by atoms with Gasteiger partial charge in [-0.1, -0.05) is 41.9 Å². The van der Waals surface area contributed by atoms with Crippen LogP contribution in [0.15, 0.2) is 54.6 Å². The predicted molar refractivity (Wildman–Crippen MR) is 103 cm³/mol. The predicted octanol–water partition coefficient (Wildman–Crippen LogP) is 4.15. The molecule has 1 fully saturated rings. The number of benzene rings is 2. The second-order valence-corrected chi connectivity index (χ2v) is 7.00. The molecule has 4 nitrogen and oxygen atoms in total. The molecule has 5 heteroatoms. The molecule has 26 heavy (non-hydrogen) atoms. The number of rotatable bonds is 3. The summed E-state index contributed by atoms with van der Waals surface area (Å²) < 4.78 is 0. The lowest BCUT2D eigenvalue weighted by Crippen LogP contribution is -2.37. The molecule has 1 aliphatic rings. The van der Waals surface area contributed by atoms with E-state index in [9.17, 15) is 9.90 Å². The van der Waals surface area contributed by atoms with E-state index in [1.165, 1.54) is 0 Å². The molecule has 4 rings (SSSR count). The van der Waals surface area contributed by atoms with Gasteiger partial charge >= 0.3 is 0 Å². The zero-order chi connectivity index (χ0) is 18.1. The van der Waals surface area contributed by atoms with Crippen molar-refractivity contribution in [1.82, 2.24) is 9.88 Å². The van der Waals surface area contributed by atoms with Crippen molar-refractivity contribution in [2.24, 2.45) is 0 Å². The van der Waals surface area contributed by atoms with E-state index in [1.54, 1.807) is 17.0 Å². The Morgan fingerprint density at radius 2 is 2.00 bits per heavy atom.